The quantitative estimate of drug-likeness (QED) is 0.940. The maximum Gasteiger partial charge on any atom is 0.225 e. The number of aromatic nitrogens is 2. The van der Waals surface area contributed by atoms with Gasteiger partial charge in [0.2, 0.25) is 5.95 Å². The molecule has 21 heavy (non-hydrogen) atoms. The van der Waals surface area contributed by atoms with Crippen molar-refractivity contribution in [1.29, 1.82) is 0 Å². The minimum absolute atomic E-state index is 0.846. The van der Waals surface area contributed by atoms with Crippen LogP contribution in [0.15, 0.2) is 42.7 Å². The molecular weight excluding hydrogens is 260 g/mol. The SMILES string of the molecule is CC.c1ccc(Cc2cnc(N3CCNCC3)nc2)cc1. The molecule has 0 unspecified atom stereocenters. The number of benzene rings is 1. The minimum atomic E-state index is 0.846. The van der Waals surface area contributed by atoms with E-state index in [1.165, 1.54) is 5.56 Å². The predicted molar refractivity (Wildman–Crippen MR) is 87.7 cm³/mol. The van der Waals surface area contributed by atoms with Gasteiger partial charge in [-0.05, 0) is 11.1 Å². The van der Waals surface area contributed by atoms with Crippen molar-refractivity contribution in [2.24, 2.45) is 0 Å². The molecule has 0 radical (unpaired) electrons. The molecule has 1 fully saturated rings. The minimum Gasteiger partial charge on any atom is -0.338 e. The summed E-state index contributed by atoms with van der Waals surface area (Å²) in [4.78, 5) is 11.2. The fourth-order valence-electron chi connectivity index (χ4n) is 2.30. The first kappa shape index (κ1) is 15.4. The molecule has 0 bridgehead atoms. The van der Waals surface area contributed by atoms with E-state index in [-0.39, 0.29) is 0 Å². The molecule has 4 heteroatoms. The van der Waals surface area contributed by atoms with Crippen LogP contribution >= 0.6 is 0 Å². The first-order valence-electron chi connectivity index (χ1n) is 7.72. The van der Waals surface area contributed by atoms with Crippen LogP contribution in [0.5, 0.6) is 0 Å². The van der Waals surface area contributed by atoms with Gasteiger partial charge in [-0.3, -0.25) is 0 Å². The van der Waals surface area contributed by atoms with E-state index >= 15 is 0 Å². The molecule has 0 spiro atoms. The Morgan fingerprint density at radius 1 is 0.952 bits per heavy atom. The second kappa shape index (κ2) is 8.37. The molecule has 2 heterocycles. The number of rotatable bonds is 3. The Balaban J connectivity index is 0.000000774. The molecule has 0 atom stereocenters. The zero-order valence-corrected chi connectivity index (χ0v) is 12.9. The zero-order valence-electron chi connectivity index (χ0n) is 12.9. The van der Waals surface area contributed by atoms with Gasteiger partial charge in [0.15, 0.2) is 0 Å². The molecular formula is C17H24N4. The number of anilines is 1. The average molecular weight is 284 g/mol. The van der Waals surface area contributed by atoms with E-state index in [1.54, 1.807) is 0 Å². The summed E-state index contributed by atoms with van der Waals surface area (Å²) in [7, 11) is 0. The Morgan fingerprint density at radius 2 is 1.57 bits per heavy atom. The smallest absolute Gasteiger partial charge is 0.225 e. The lowest BCUT2D eigenvalue weighted by Crippen LogP contribution is -2.44. The first-order valence-corrected chi connectivity index (χ1v) is 7.72. The van der Waals surface area contributed by atoms with Crippen LogP contribution in [0.3, 0.4) is 0 Å². The van der Waals surface area contributed by atoms with Crippen molar-refractivity contribution < 1.29 is 0 Å². The number of piperazine rings is 1. The summed E-state index contributed by atoms with van der Waals surface area (Å²) < 4.78 is 0. The van der Waals surface area contributed by atoms with Crippen molar-refractivity contribution in [2.75, 3.05) is 31.1 Å². The molecule has 1 aliphatic rings. The number of nitrogens with one attached hydrogen (secondary N) is 1. The summed E-state index contributed by atoms with van der Waals surface area (Å²) in [6.45, 7) is 7.99. The van der Waals surface area contributed by atoms with Crippen LogP contribution in [0, 0.1) is 0 Å². The molecule has 1 aromatic carbocycles. The van der Waals surface area contributed by atoms with E-state index in [9.17, 15) is 0 Å². The predicted octanol–water partition coefficient (Wildman–Crippen LogP) is 2.50. The molecule has 3 rings (SSSR count). The van der Waals surface area contributed by atoms with E-state index < -0.39 is 0 Å². The third-order valence-electron chi connectivity index (χ3n) is 3.34. The van der Waals surface area contributed by atoms with Gasteiger partial charge < -0.3 is 10.2 Å². The topological polar surface area (TPSA) is 41.1 Å². The van der Waals surface area contributed by atoms with Crippen molar-refractivity contribution in [1.82, 2.24) is 15.3 Å². The van der Waals surface area contributed by atoms with E-state index in [0.29, 0.717) is 0 Å². The summed E-state index contributed by atoms with van der Waals surface area (Å²) >= 11 is 0. The standard InChI is InChI=1S/C15H18N4.C2H6/c1-2-4-13(5-3-1)10-14-11-17-15(18-12-14)19-8-6-16-7-9-19;1-2/h1-5,11-12,16H,6-10H2;1-2H3. The lowest BCUT2D eigenvalue weighted by molar-refractivity contribution is 0.579. The highest BCUT2D eigenvalue weighted by molar-refractivity contribution is 5.32. The molecule has 2 aromatic rings. The fraction of sp³-hybridized carbons (Fsp3) is 0.412. The fourth-order valence-corrected chi connectivity index (χ4v) is 2.30. The second-order valence-electron chi connectivity index (χ2n) is 4.79. The van der Waals surface area contributed by atoms with Gasteiger partial charge in [0.25, 0.3) is 0 Å². The Kier molecular flexibility index (Phi) is 6.16. The Labute approximate surface area is 127 Å². The van der Waals surface area contributed by atoms with Gasteiger partial charge in [-0.25, -0.2) is 9.97 Å². The Morgan fingerprint density at radius 3 is 2.19 bits per heavy atom. The van der Waals surface area contributed by atoms with Crippen LogP contribution in [0.2, 0.25) is 0 Å². The molecule has 112 valence electrons. The highest BCUT2D eigenvalue weighted by Gasteiger charge is 2.12. The molecule has 0 saturated carbocycles. The van der Waals surface area contributed by atoms with Crippen molar-refractivity contribution in [3.05, 3.63) is 53.9 Å². The largest absolute Gasteiger partial charge is 0.338 e. The van der Waals surface area contributed by atoms with Crippen LogP contribution in [-0.2, 0) is 6.42 Å². The van der Waals surface area contributed by atoms with Gasteiger partial charge >= 0.3 is 0 Å². The van der Waals surface area contributed by atoms with Crippen LogP contribution < -0.4 is 10.2 Å². The molecule has 1 N–H and O–H groups in total. The van der Waals surface area contributed by atoms with E-state index in [0.717, 1.165) is 44.1 Å². The summed E-state index contributed by atoms with van der Waals surface area (Å²) in [6.07, 6.45) is 4.78. The number of hydrogen-bond donors (Lipinski definition) is 1. The zero-order chi connectivity index (χ0) is 14.9. The molecule has 1 aromatic heterocycles. The third-order valence-corrected chi connectivity index (χ3v) is 3.34. The highest BCUT2D eigenvalue weighted by atomic mass is 15.3. The molecule has 1 saturated heterocycles. The van der Waals surface area contributed by atoms with Crippen molar-refractivity contribution in [3.8, 4) is 0 Å². The first-order chi connectivity index (χ1) is 10.4. The van der Waals surface area contributed by atoms with Crippen LogP contribution in [0.25, 0.3) is 0 Å². The van der Waals surface area contributed by atoms with Crippen LogP contribution in [0.1, 0.15) is 25.0 Å². The van der Waals surface area contributed by atoms with Gasteiger partial charge in [0, 0.05) is 45.0 Å². The summed E-state index contributed by atoms with van der Waals surface area (Å²) in [6, 6.07) is 10.4. The van der Waals surface area contributed by atoms with Gasteiger partial charge in [-0.1, -0.05) is 44.2 Å². The third kappa shape index (κ3) is 4.53. The summed E-state index contributed by atoms with van der Waals surface area (Å²) in [5, 5.41) is 3.33. The van der Waals surface area contributed by atoms with Crippen LogP contribution in [-0.4, -0.2) is 36.1 Å². The Hall–Kier alpha value is -1.94. The van der Waals surface area contributed by atoms with Crippen molar-refractivity contribution >= 4 is 5.95 Å². The molecule has 0 amide bonds. The molecule has 1 aliphatic heterocycles. The van der Waals surface area contributed by atoms with Crippen LogP contribution in [0.4, 0.5) is 5.95 Å². The van der Waals surface area contributed by atoms with E-state index in [2.05, 4.69) is 44.5 Å². The van der Waals surface area contributed by atoms with Crippen molar-refractivity contribution in [2.45, 2.75) is 20.3 Å². The monoisotopic (exact) mass is 284 g/mol. The lowest BCUT2D eigenvalue weighted by atomic mass is 10.1. The van der Waals surface area contributed by atoms with Gasteiger partial charge in [0.1, 0.15) is 0 Å². The molecule has 0 aliphatic carbocycles. The van der Waals surface area contributed by atoms with Gasteiger partial charge in [0.05, 0.1) is 0 Å². The van der Waals surface area contributed by atoms with E-state index in [1.807, 2.05) is 32.3 Å². The summed E-state index contributed by atoms with van der Waals surface area (Å²) in [5.74, 6) is 0.846. The normalized spacial score (nSPS) is 14.3. The Bertz CT molecular complexity index is 504. The number of hydrogen-bond acceptors (Lipinski definition) is 4. The maximum atomic E-state index is 4.49. The van der Waals surface area contributed by atoms with E-state index in [4.69, 9.17) is 0 Å². The highest BCUT2D eigenvalue weighted by Crippen LogP contribution is 2.11. The van der Waals surface area contributed by atoms with Crippen molar-refractivity contribution in [3.63, 3.8) is 0 Å². The van der Waals surface area contributed by atoms with Gasteiger partial charge in [-0.15, -0.1) is 0 Å². The molecule has 4 nitrogen and oxygen atoms in total. The maximum absolute atomic E-state index is 4.49. The summed E-state index contributed by atoms with van der Waals surface area (Å²) in [5.41, 5.74) is 2.45. The lowest BCUT2D eigenvalue weighted by Gasteiger charge is -2.27. The second-order valence-corrected chi connectivity index (χ2v) is 4.79. The van der Waals surface area contributed by atoms with Gasteiger partial charge in [-0.2, -0.15) is 0 Å². The number of nitrogens with zero attached hydrogens (tertiary/aromatic N) is 3. The average Bonchev–Trinajstić information content (AvgIpc) is 2.59.